The van der Waals surface area contributed by atoms with Gasteiger partial charge >= 0.3 is 6.09 Å². The summed E-state index contributed by atoms with van der Waals surface area (Å²) in [7, 11) is 0. The van der Waals surface area contributed by atoms with Gasteiger partial charge in [0.15, 0.2) is 0 Å². The first kappa shape index (κ1) is 17.3. The van der Waals surface area contributed by atoms with Gasteiger partial charge in [-0.3, -0.25) is 9.36 Å². The van der Waals surface area contributed by atoms with E-state index in [-0.39, 0.29) is 21.9 Å². The number of amides is 1. The first-order valence-corrected chi connectivity index (χ1v) is 8.76. The van der Waals surface area contributed by atoms with Crippen molar-refractivity contribution < 1.29 is 9.90 Å². The quantitative estimate of drug-likeness (QED) is 0.634. The van der Waals surface area contributed by atoms with Gasteiger partial charge in [-0.25, -0.2) is 14.8 Å². The van der Waals surface area contributed by atoms with Crippen LogP contribution >= 0.6 is 11.6 Å². The number of rotatable bonds is 4. The molecule has 138 valence electrons. The molecule has 2 heterocycles. The van der Waals surface area contributed by atoms with E-state index in [9.17, 15) is 14.7 Å². The molecule has 2 aromatic heterocycles. The highest BCUT2D eigenvalue weighted by Gasteiger charge is 2.37. The summed E-state index contributed by atoms with van der Waals surface area (Å²) in [5.74, 6) is 0.700. The zero-order valence-electron chi connectivity index (χ0n) is 14.1. The predicted molar refractivity (Wildman–Crippen MR) is 101 cm³/mol. The Kier molecular flexibility index (Phi) is 4.19. The van der Waals surface area contributed by atoms with Crippen molar-refractivity contribution in [2.75, 3.05) is 5.73 Å². The van der Waals surface area contributed by atoms with Crippen molar-refractivity contribution in [2.24, 2.45) is 5.92 Å². The molecule has 1 amide bonds. The number of aromatic nitrogens is 3. The van der Waals surface area contributed by atoms with Crippen LogP contribution in [0.15, 0.2) is 41.3 Å². The largest absolute Gasteiger partial charge is 0.465 e. The molecule has 0 radical (unpaired) electrons. The fourth-order valence-corrected chi connectivity index (χ4v) is 3.40. The van der Waals surface area contributed by atoms with Crippen LogP contribution in [0.2, 0.25) is 5.02 Å². The Hall–Kier alpha value is -3.13. The molecule has 4 N–H and O–H groups in total. The average Bonchev–Trinajstić information content (AvgIpc) is 3.45. The summed E-state index contributed by atoms with van der Waals surface area (Å²) in [6.45, 7) is 0. The Labute approximate surface area is 158 Å². The molecule has 0 bridgehead atoms. The monoisotopic (exact) mass is 385 g/mol. The van der Waals surface area contributed by atoms with E-state index in [1.54, 1.807) is 30.3 Å². The van der Waals surface area contributed by atoms with Crippen LogP contribution < -0.4 is 16.6 Å². The number of nitrogens with two attached hydrogens (primary N) is 1. The summed E-state index contributed by atoms with van der Waals surface area (Å²) in [5, 5.41) is 12.3. The maximum Gasteiger partial charge on any atom is 0.405 e. The molecular weight excluding hydrogens is 370 g/mol. The van der Waals surface area contributed by atoms with E-state index in [1.807, 2.05) is 0 Å². The molecule has 9 heteroatoms. The molecule has 0 aliphatic heterocycles. The summed E-state index contributed by atoms with van der Waals surface area (Å²) in [6.07, 6.45) is 1.99. The van der Waals surface area contributed by atoms with Gasteiger partial charge in [0, 0.05) is 0 Å². The van der Waals surface area contributed by atoms with E-state index in [2.05, 4.69) is 15.3 Å². The summed E-state index contributed by atoms with van der Waals surface area (Å²) in [4.78, 5) is 33.3. The summed E-state index contributed by atoms with van der Waals surface area (Å²) < 4.78 is 1.36. The number of nitrogens with zero attached hydrogens (tertiary/aromatic N) is 3. The zero-order valence-corrected chi connectivity index (χ0v) is 14.8. The lowest BCUT2D eigenvalue weighted by molar-refractivity contribution is 0.187. The number of anilines is 1. The second-order valence-corrected chi connectivity index (χ2v) is 6.86. The van der Waals surface area contributed by atoms with Crippen molar-refractivity contribution in [3.05, 3.63) is 57.7 Å². The number of hydrogen-bond donors (Lipinski definition) is 3. The normalized spacial score (nSPS) is 14.9. The number of fused-ring (bicyclic) bond motifs is 1. The van der Waals surface area contributed by atoms with Crippen molar-refractivity contribution in [3.63, 3.8) is 0 Å². The van der Waals surface area contributed by atoms with E-state index in [1.165, 1.54) is 10.8 Å². The number of carbonyl (C=O) groups is 1. The van der Waals surface area contributed by atoms with Crippen molar-refractivity contribution in [1.82, 2.24) is 19.9 Å². The molecule has 1 aromatic carbocycles. The predicted octanol–water partition coefficient (Wildman–Crippen LogP) is 2.74. The number of benzene rings is 1. The van der Waals surface area contributed by atoms with Crippen LogP contribution in [0.1, 0.15) is 24.7 Å². The number of nitrogens with one attached hydrogen (secondary N) is 1. The maximum atomic E-state index is 13.3. The minimum Gasteiger partial charge on any atom is -0.465 e. The molecular formula is C18H16ClN5O3. The van der Waals surface area contributed by atoms with E-state index >= 15 is 0 Å². The first-order chi connectivity index (χ1) is 13.0. The van der Waals surface area contributed by atoms with Crippen LogP contribution in [0, 0.1) is 5.92 Å². The molecule has 8 nitrogen and oxygen atoms in total. The van der Waals surface area contributed by atoms with Gasteiger partial charge in [-0.05, 0) is 43.0 Å². The number of hydrogen-bond acceptors (Lipinski definition) is 5. The highest BCUT2D eigenvalue weighted by Crippen LogP contribution is 2.41. The second-order valence-electron chi connectivity index (χ2n) is 6.45. The average molecular weight is 386 g/mol. The fraction of sp³-hybridized carbons (Fsp3) is 0.222. The molecule has 0 unspecified atom stereocenters. The fourth-order valence-electron chi connectivity index (χ4n) is 3.15. The van der Waals surface area contributed by atoms with Gasteiger partial charge in [-0.2, -0.15) is 0 Å². The van der Waals surface area contributed by atoms with Crippen LogP contribution in [0.4, 0.5) is 10.6 Å². The summed E-state index contributed by atoms with van der Waals surface area (Å²) in [5.41, 5.74) is 6.13. The Balaban J connectivity index is 2.03. The van der Waals surface area contributed by atoms with Gasteiger partial charge < -0.3 is 16.2 Å². The van der Waals surface area contributed by atoms with E-state index < -0.39 is 12.1 Å². The third kappa shape index (κ3) is 3.19. The lowest BCUT2D eigenvalue weighted by Gasteiger charge is -2.21. The van der Waals surface area contributed by atoms with Gasteiger partial charge in [-0.1, -0.05) is 17.7 Å². The molecule has 1 atom stereocenters. The first-order valence-electron chi connectivity index (χ1n) is 8.38. The summed E-state index contributed by atoms with van der Waals surface area (Å²) in [6, 6.07) is 7.60. The van der Waals surface area contributed by atoms with Crippen molar-refractivity contribution >= 4 is 34.4 Å². The van der Waals surface area contributed by atoms with Crippen LogP contribution in [0.3, 0.4) is 0 Å². The second kappa shape index (κ2) is 6.55. The smallest absolute Gasteiger partial charge is 0.405 e. The van der Waals surface area contributed by atoms with Gasteiger partial charge in [0.05, 0.1) is 33.9 Å². The topological polar surface area (TPSA) is 123 Å². The van der Waals surface area contributed by atoms with E-state index in [0.717, 1.165) is 12.8 Å². The lowest BCUT2D eigenvalue weighted by Crippen LogP contribution is -2.35. The molecule has 0 saturated heterocycles. The minimum atomic E-state index is -1.17. The Morgan fingerprint density at radius 3 is 2.74 bits per heavy atom. The third-order valence-corrected chi connectivity index (χ3v) is 4.87. The van der Waals surface area contributed by atoms with Gasteiger partial charge in [0.2, 0.25) is 0 Å². The zero-order chi connectivity index (χ0) is 19.1. The van der Waals surface area contributed by atoms with Gasteiger partial charge in [0.1, 0.15) is 11.6 Å². The number of carboxylic acid groups (broad SMARTS) is 1. The molecule has 1 fully saturated rings. The lowest BCUT2D eigenvalue weighted by atomic mass is 10.1. The van der Waals surface area contributed by atoms with E-state index in [4.69, 9.17) is 17.3 Å². The van der Waals surface area contributed by atoms with Gasteiger partial charge in [0.25, 0.3) is 5.56 Å². The molecule has 1 aliphatic rings. The Morgan fingerprint density at radius 2 is 2.11 bits per heavy atom. The SMILES string of the molecule is Nc1ccc(-n2c([C@@H](NC(=O)O)C3CC3)nc3cccc(Cl)c3c2=O)cn1. The summed E-state index contributed by atoms with van der Waals surface area (Å²) >= 11 is 6.24. The highest BCUT2D eigenvalue weighted by molar-refractivity contribution is 6.35. The number of halogens is 1. The molecule has 1 saturated carbocycles. The van der Waals surface area contributed by atoms with Crippen LogP contribution in [-0.2, 0) is 0 Å². The van der Waals surface area contributed by atoms with Crippen LogP contribution in [0.25, 0.3) is 16.6 Å². The molecule has 0 spiro atoms. The molecule has 1 aliphatic carbocycles. The van der Waals surface area contributed by atoms with E-state index in [0.29, 0.717) is 22.8 Å². The Morgan fingerprint density at radius 1 is 1.33 bits per heavy atom. The highest BCUT2D eigenvalue weighted by atomic mass is 35.5. The van der Waals surface area contributed by atoms with Crippen LogP contribution in [0.5, 0.6) is 0 Å². The van der Waals surface area contributed by atoms with Crippen molar-refractivity contribution in [1.29, 1.82) is 0 Å². The number of nitrogen functional groups attached to an aromatic ring is 1. The van der Waals surface area contributed by atoms with Gasteiger partial charge in [-0.15, -0.1) is 0 Å². The molecule has 27 heavy (non-hydrogen) atoms. The Bertz CT molecular complexity index is 1090. The third-order valence-electron chi connectivity index (χ3n) is 4.55. The van der Waals surface area contributed by atoms with Crippen LogP contribution in [-0.4, -0.2) is 25.7 Å². The number of pyridine rings is 1. The minimum absolute atomic E-state index is 0.0811. The molecule has 3 aromatic rings. The standard InChI is InChI=1S/C18H16ClN5O3/c19-11-2-1-3-12-14(11)17(25)24(10-6-7-13(20)21-8-10)16(22-12)15(9-4-5-9)23-18(26)27/h1-3,6-9,15,23H,4-5H2,(H2,20,21)(H,26,27)/t15-/m0/s1. The molecule has 4 rings (SSSR count). The van der Waals surface area contributed by atoms with Crippen molar-refractivity contribution in [3.8, 4) is 5.69 Å². The van der Waals surface area contributed by atoms with Crippen molar-refractivity contribution in [2.45, 2.75) is 18.9 Å². The maximum absolute atomic E-state index is 13.3.